The first-order valence-electron chi connectivity index (χ1n) is 4.23. The van der Waals surface area contributed by atoms with Crippen molar-refractivity contribution >= 4 is 15.9 Å². The van der Waals surface area contributed by atoms with Crippen LogP contribution in [0.4, 0.5) is 13.2 Å². The Morgan fingerprint density at radius 1 is 1.47 bits per heavy atom. The minimum Gasteiger partial charge on any atom is -0.317 e. The van der Waals surface area contributed by atoms with Gasteiger partial charge >= 0.3 is 0 Å². The molecule has 5 heteroatoms. The number of hydrogen-bond donors (Lipinski definition) is 1. The van der Waals surface area contributed by atoms with E-state index in [-0.39, 0.29) is 12.0 Å². The van der Waals surface area contributed by atoms with E-state index in [0.717, 1.165) is 6.07 Å². The Kier molecular flexibility index (Phi) is 3.78. The Bertz CT molecular complexity index is 357. The largest absolute Gasteiger partial charge is 0.317 e. The zero-order valence-corrected chi connectivity index (χ0v) is 9.40. The van der Waals surface area contributed by atoms with Crippen molar-refractivity contribution in [3.05, 3.63) is 41.0 Å². The van der Waals surface area contributed by atoms with Crippen molar-refractivity contribution in [3.63, 3.8) is 0 Å². The Balaban J connectivity index is 3.29. The van der Waals surface area contributed by atoms with Gasteiger partial charge in [0.15, 0.2) is 0 Å². The SMILES string of the molecule is [CH2]C[C@](N)(c1cc(Br)ccc1F)C(F)F. The van der Waals surface area contributed by atoms with Crippen LogP contribution in [0.25, 0.3) is 0 Å². The number of nitrogens with two attached hydrogens (primary N) is 1. The van der Waals surface area contributed by atoms with Gasteiger partial charge in [-0.25, -0.2) is 13.2 Å². The molecule has 0 saturated heterocycles. The highest BCUT2D eigenvalue weighted by atomic mass is 79.9. The van der Waals surface area contributed by atoms with Crippen LogP contribution in [0.1, 0.15) is 12.0 Å². The van der Waals surface area contributed by atoms with Gasteiger partial charge in [-0.05, 0) is 24.6 Å². The maximum atomic E-state index is 13.4. The van der Waals surface area contributed by atoms with Crippen LogP contribution in [-0.4, -0.2) is 6.43 Å². The minimum absolute atomic E-state index is 0.220. The number of rotatable bonds is 3. The minimum atomic E-state index is -2.86. The number of alkyl halides is 2. The zero-order valence-electron chi connectivity index (χ0n) is 7.81. The van der Waals surface area contributed by atoms with Crippen LogP contribution in [0.5, 0.6) is 0 Å². The maximum Gasteiger partial charge on any atom is 0.260 e. The second kappa shape index (κ2) is 4.53. The van der Waals surface area contributed by atoms with Gasteiger partial charge in [-0.1, -0.05) is 22.9 Å². The molecule has 0 spiro atoms. The molecule has 2 N–H and O–H groups in total. The molecule has 0 aliphatic rings. The Morgan fingerprint density at radius 3 is 2.53 bits per heavy atom. The lowest BCUT2D eigenvalue weighted by Gasteiger charge is -2.28. The predicted molar refractivity (Wildman–Crippen MR) is 55.9 cm³/mol. The predicted octanol–water partition coefficient (Wildman–Crippen LogP) is 3.23. The maximum absolute atomic E-state index is 13.4. The molecular formula is C10H10BrF3N. The molecule has 0 amide bonds. The fourth-order valence-electron chi connectivity index (χ4n) is 1.22. The first kappa shape index (κ1) is 12.5. The van der Waals surface area contributed by atoms with E-state index in [1.165, 1.54) is 12.1 Å². The molecule has 0 saturated carbocycles. The van der Waals surface area contributed by atoms with Crippen molar-refractivity contribution in [2.24, 2.45) is 5.73 Å². The van der Waals surface area contributed by atoms with Crippen LogP contribution in [0.15, 0.2) is 22.7 Å². The highest BCUT2D eigenvalue weighted by Crippen LogP contribution is 2.32. The average Bonchev–Trinajstić information content (AvgIpc) is 2.20. The molecule has 0 fully saturated rings. The summed E-state index contributed by atoms with van der Waals surface area (Å²) in [5, 5.41) is 0. The van der Waals surface area contributed by atoms with Crippen LogP contribution in [-0.2, 0) is 5.54 Å². The summed E-state index contributed by atoms with van der Waals surface area (Å²) in [4.78, 5) is 0. The highest BCUT2D eigenvalue weighted by molar-refractivity contribution is 9.10. The smallest absolute Gasteiger partial charge is 0.260 e. The van der Waals surface area contributed by atoms with Crippen LogP contribution < -0.4 is 5.73 Å². The molecule has 1 atom stereocenters. The van der Waals surface area contributed by atoms with Gasteiger partial charge in [0.05, 0.1) is 0 Å². The average molecular weight is 281 g/mol. The summed E-state index contributed by atoms with van der Waals surface area (Å²) in [6.45, 7) is 3.34. The summed E-state index contributed by atoms with van der Waals surface area (Å²) in [6.07, 6.45) is -3.14. The van der Waals surface area contributed by atoms with Gasteiger partial charge in [0.1, 0.15) is 11.4 Å². The summed E-state index contributed by atoms with van der Waals surface area (Å²) >= 11 is 3.08. The van der Waals surface area contributed by atoms with Crippen molar-refractivity contribution in [1.82, 2.24) is 0 Å². The van der Waals surface area contributed by atoms with Crippen molar-refractivity contribution < 1.29 is 13.2 Å². The fraction of sp³-hybridized carbons (Fsp3) is 0.300. The first-order chi connectivity index (χ1) is 6.91. The molecule has 1 nitrogen and oxygen atoms in total. The van der Waals surface area contributed by atoms with Crippen molar-refractivity contribution in [2.45, 2.75) is 18.4 Å². The lowest BCUT2D eigenvalue weighted by molar-refractivity contribution is 0.0508. The van der Waals surface area contributed by atoms with Crippen LogP contribution in [0.3, 0.4) is 0 Å². The normalized spacial score (nSPS) is 15.4. The third-order valence-corrected chi connectivity index (χ3v) is 2.73. The number of halogens is 4. The highest BCUT2D eigenvalue weighted by Gasteiger charge is 2.38. The zero-order chi connectivity index (χ0) is 11.6. The van der Waals surface area contributed by atoms with E-state index in [1.54, 1.807) is 0 Å². The van der Waals surface area contributed by atoms with Crippen LogP contribution in [0.2, 0.25) is 0 Å². The lowest BCUT2D eigenvalue weighted by Crippen LogP contribution is -2.44. The van der Waals surface area contributed by atoms with Gasteiger partial charge in [-0.3, -0.25) is 0 Å². The van der Waals surface area contributed by atoms with Gasteiger partial charge < -0.3 is 5.73 Å². The second-order valence-electron chi connectivity index (χ2n) is 3.22. The summed E-state index contributed by atoms with van der Waals surface area (Å²) in [5.74, 6) is -0.746. The Hall–Kier alpha value is -0.550. The number of benzene rings is 1. The summed E-state index contributed by atoms with van der Waals surface area (Å²) in [6, 6.07) is 3.78. The van der Waals surface area contributed by atoms with Crippen LogP contribution >= 0.6 is 15.9 Å². The molecule has 1 aromatic rings. The molecule has 0 unspecified atom stereocenters. The molecule has 0 aliphatic heterocycles. The van der Waals surface area contributed by atoms with Gasteiger partial charge in [-0.15, -0.1) is 0 Å². The van der Waals surface area contributed by atoms with Crippen molar-refractivity contribution in [2.75, 3.05) is 0 Å². The molecule has 83 valence electrons. The van der Waals surface area contributed by atoms with E-state index in [2.05, 4.69) is 22.9 Å². The van der Waals surface area contributed by atoms with Crippen LogP contribution in [0, 0.1) is 12.7 Å². The van der Waals surface area contributed by atoms with E-state index < -0.39 is 17.8 Å². The summed E-state index contributed by atoms with van der Waals surface area (Å²) < 4.78 is 39.3. The van der Waals surface area contributed by atoms with Gasteiger partial charge in [-0.2, -0.15) is 0 Å². The molecular weight excluding hydrogens is 271 g/mol. The lowest BCUT2D eigenvalue weighted by atomic mass is 9.88. The van der Waals surface area contributed by atoms with E-state index >= 15 is 0 Å². The molecule has 1 rings (SSSR count). The summed E-state index contributed by atoms with van der Waals surface area (Å²) in [7, 11) is 0. The van der Waals surface area contributed by atoms with E-state index in [4.69, 9.17) is 5.73 Å². The third-order valence-electron chi connectivity index (χ3n) is 2.23. The molecule has 1 aromatic carbocycles. The molecule has 0 heterocycles. The monoisotopic (exact) mass is 280 g/mol. The quantitative estimate of drug-likeness (QED) is 0.904. The van der Waals surface area contributed by atoms with Crippen molar-refractivity contribution in [3.8, 4) is 0 Å². The molecule has 0 bridgehead atoms. The van der Waals surface area contributed by atoms with E-state index in [1.807, 2.05) is 0 Å². The van der Waals surface area contributed by atoms with Gasteiger partial charge in [0, 0.05) is 10.0 Å². The second-order valence-corrected chi connectivity index (χ2v) is 4.13. The van der Waals surface area contributed by atoms with E-state index in [0.29, 0.717) is 4.47 Å². The topological polar surface area (TPSA) is 26.0 Å². The fourth-order valence-corrected chi connectivity index (χ4v) is 1.58. The van der Waals surface area contributed by atoms with Gasteiger partial charge in [0.25, 0.3) is 6.43 Å². The molecule has 0 aromatic heterocycles. The van der Waals surface area contributed by atoms with Gasteiger partial charge in [0.2, 0.25) is 0 Å². The first-order valence-corrected chi connectivity index (χ1v) is 5.03. The van der Waals surface area contributed by atoms with Crippen molar-refractivity contribution in [1.29, 1.82) is 0 Å². The summed E-state index contributed by atoms with van der Waals surface area (Å²) in [5.41, 5.74) is 3.20. The third kappa shape index (κ3) is 2.34. The standard InChI is InChI=1S/C10H10BrF3N/c1-2-10(15,9(13)14)7-5-6(11)3-4-8(7)12/h3-5,9H,1-2,15H2/t10-/m0/s1. The molecule has 0 aliphatic carbocycles. The van der Waals surface area contributed by atoms with E-state index in [9.17, 15) is 13.2 Å². The molecule has 15 heavy (non-hydrogen) atoms. The molecule has 1 radical (unpaired) electrons. The number of hydrogen-bond acceptors (Lipinski definition) is 1. The Morgan fingerprint density at radius 2 is 2.07 bits per heavy atom. The Labute approximate surface area is 94.6 Å².